The molecule has 1 N–H and O–H groups in total. The number of ether oxygens (including phenoxy) is 1. The van der Waals surface area contributed by atoms with Crippen molar-refractivity contribution < 1.29 is 21.9 Å². The average molecular weight is 401 g/mol. The standard InChI is InChI=1S/C22H27N3O2.ClH/c1-18-9-2-5-12-21(18)27-16-7-6-15-25-20-11-4-3-10-19(20)24-22(25)13-8-14-23-17-26;/h2-5,9-12,17H,6-8,13-16H2,1H3,(H,23,26);1H/p-1. The predicted octanol–water partition coefficient (Wildman–Crippen LogP) is 0.887. The molecule has 0 aliphatic carbocycles. The summed E-state index contributed by atoms with van der Waals surface area (Å²) < 4.78 is 8.21. The van der Waals surface area contributed by atoms with Gasteiger partial charge in [-0.15, -0.1) is 0 Å². The second-order valence-corrected chi connectivity index (χ2v) is 6.66. The maximum atomic E-state index is 10.4. The number of hydrogen-bond donors (Lipinski definition) is 1. The zero-order valence-electron chi connectivity index (χ0n) is 16.2. The molecule has 0 bridgehead atoms. The Kier molecular flexibility index (Phi) is 8.82. The molecule has 0 spiro atoms. The molecular weight excluding hydrogens is 374 g/mol. The van der Waals surface area contributed by atoms with Gasteiger partial charge in [0.1, 0.15) is 11.6 Å². The molecule has 6 heteroatoms. The van der Waals surface area contributed by atoms with Crippen molar-refractivity contribution in [2.75, 3.05) is 13.2 Å². The first-order valence-electron chi connectivity index (χ1n) is 9.59. The summed E-state index contributed by atoms with van der Waals surface area (Å²) in [5.74, 6) is 2.05. The molecular formula is C22H27ClN3O2-. The minimum absolute atomic E-state index is 0. The molecule has 0 radical (unpaired) electrons. The van der Waals surface area contributed by atoms with Crippen LogP contribution in [0.25, 0.3) is 11.0 Å². The van der Waals surface area contributed by atoms with Gasteiger partial charge in [-0.25, -0.2) is 4.98 Å². The number of benzene rings is 2. The van der Waals surface area contributed by atoms with Crippen molar-refractivity contribution in [1.29, 1.82) is 0 Å². The highest BCUT2D eigenvalue weighted by Gasteiger charge is 2.10. The highest BCUT2D eigenvalue weighted by atomic mass is 35.5. The summed E-state index contributed by atoms with van der Waals surface area (Å²) in [4.78, 5) is 15.2. The van der Waals surface area contributed by atoms with Gasteiger partial charge in [0.25, 0.3) is 0 Å². The largest absolute Gasteiger partial charge is 1.00 e. The van der Waals surface area contributed by atoms with Gasteiger partial charge in [0, 0.05) is 19.5 Å². The number of imidazole rings is 1. The Morgan fingerprint density at radius 1 is 1.07 bits per heavy atom. The smallest absolute Gasteiger partial charge is 0.207 e. The number of carbonyl (C=O) groups excluding carboxylic acids is 1. The van der Waals surface area contributed by atoms with Crippen molar-refractivity contribution in [3.8, 4) is 5.75 Å². The van der Waals surface area contributed by atoms with Crippen LogP contribution in [0.4, 0.5) is 0 Å². The van der Waals surface area contributed by atoms with Gasteiger partial charge < -0.3 is 27.0 Å². The first-order chi connectivity index (χ1) is 13.3. The number of amides is 1. The Hall–Kier alpha value is -2.53. The third-order valence-electron chi connectivity index (χ3n) is 4.67. The van der Waals surface area contributed by atoms with Crippen LogP contribution in [-0.2, 0) is 17.8 Å². The molecule has 0 aliphatic heterocycles. The minimum Gasteiger partial charge on any atom is -1.00 e. The maximum Gasteiger partial charge on any atom is 0.207 e. The first kappa shape index (κ1) is 21.8. The average Bonchev–Trinajstić information content (AvgIpc) is 3.04. The molecule has 28 heavy (non-hydrogen) atoms. The van der Waals surface area contributed by atoms with Gasteiger partial charge in [-0.05, 0) is 49.9 Å². The fourth-order valence-corrected chi connectivity index (χ4v) is 3.25. The molecule has 3 rings (SSSR count). The molecule has 2 aromatic carbocycles. The summed E-state index contributed by atoms with van der Waals surface area (Å²) in [5.41, 5.74) is 3.38. The molecule has 1 aromatic heterocycles. The van der Waals surface area contributed by atoms with Gasteiger partial charge in [0.15, 0.2) is 0 Å². The summed E-state index contributed by atoms with van der Waals surface area (Å²) in [7, 11) is 0. The van der Waals surface area contributed by atoms with E-state index in [4.69, 9.17) is 9.72 Å². The Bertz CT molecular complexity index is 879. The van der Waals surface area contributed by atoms with Gasteiger partial charge in [-0.1, -0.05) is 30.3 Å². The Labute approximate surface area is 172 Å². The highest BCUT2D eigenvalue weighted by molar-refractivity contribution is 5.75. The molecule has 1 heterocycles. The fourth-order valence-electron chi connectivity index (χ4n) is 3.25. The normalized spacial score (nSPS) is 10.5. The molecule has 150 valence electrons. The number of fused-ring (bicyclic) bond motifs is 1. The van der Waals surface area contributed by atoms with E-state index in [1.54, 1.807) is 0 Å². The quantitative estimate of drug-likeness (QED) is 0.384. The zero-order chi connectivity index (χ0) is 18.9. The first-order valence-corrected chi connectivity index (χ1v) is 9.59. The molecule has 0 fully saturated rings. The number of carbonyl (C=O) groups is 1. The summed E-state index contributed by atoms with van der Waals surface area (Å²) in [6.07, 6.45) is 4.52. The summed E-state index contributed by atoms with van der Waals surface area (Å²) in [5, 5.41) is 2.72. The van der Waals surface area contributed by atoms with Crippen LogP contribution < -0.4 is 22.5 Å². The summed E-state index contributed by atoms with van der Waals surface area (Å²) >= 11 is 0. The zero-order valence-corrected chi connectivity index (χ0v) is 17.0. The van der Waals surface area contributed by atoms with Crippen molar-refractivity contribution in [3.63, 3.8) is 0 Å². The van der Waals surface area contributed by atoms with E-state index in [2.05, 4.69) is 41.1 Å². The molecule has 0 aliphatic rings. The molecule has 5 nitrogen and oxygen atoms in total. The minimum atomic E-state index is 0. The van der Waals surface area contributed by atoms with Crippen LogP contribution in [0.2, 0.25) is 0 Å². The third kappa shape index (κ3) is 5.73. The van der Waals surface area contributed by atoms with Crippen molar-refractivity contribution in [2.24, 2.45) is 0 Å². The van der Waals surface area contributed by atoms with Gasteiger partial charge in [-0.2, -0.15) is 0 Å². The molecule has 0 saturated carbocycles. The van der Waals surface area contributed by atoms with E-state index in [-0.39, 0.29) is 12.4 Å². The molecule has 3 aromatic rings. The van der Waals surface area contributed by atoms with E-state index in [9.17, 15) is 4.79 Å². The van der Waals surface area contributed by atoms with Gasteiger partial charge in [0.2, 0.25) is 6.41 Å². The lowest BCUT2D eigenvalue weighted by atomic mass is 10.2. The number of para-hydroxylation sites is 3. The van der Waals surface area contributed by atoms with E-state index < -0.39 is 0 Å². The number of aryl methyl sites for hydroxylation is 3. The topological polar surface area (TPSA) is 56.1 Å². The van der Waals surface area contributed by atoms with Crippen LogP contribution >= 0.6 is 0 Å². The van der Waals surface area contributed by atoms with Gasteiger partial charge >= 0.3 is 0 Å². The van der Waals surface area contributed by atoms with E-state index in [1.807, 2.05) is 24.3 Å². The van der Waals surface area contributed by atoms with Crippen molar-refractivity contribution in [3.05, 3.63) is 59.9 Å². The van der Waals surface area contributed by atoms with Crippen LogP contribution in [0.15, 0.2) is 48.5 Å². The molecule has 1 amide bonds. The predicted molar refractivity (Wildman–Crippen MR) is 108 cm³/mol. The number of aromatic nitrogens is 2. The van der Waals surface area contributed by atoms with Gasteiger partial charge in [-0.3, -0.25) is 4.79 Å². The Balaban J connectivity index is 0.00000280. The number of nitrogens with one attached hydrogen (secondary N) is 1. The van der Waals surface area contributed by atoms with Crippen LogP contribution in [0, 0.1) is 6.92 Å². The molecule has 0 saturated heterocycles. The molecule has 0 atom stereocenters. The van der Waals surface area contributed by atoms with Crippen molar-refractivity contribution >= 4 is 17.4 Å². The fraction of sp³-hybridized carbons (Fsp3) is 0.364. The lowest BCUT2D eigenvalue weighted by Gasteiger charge is -2.11. The van der Waals surface area contributed by atoms with E-state index in [0.717, 1.165) is 62.3 Å². The van der Waals surface area contributed by atoms with E-state index >= 15 is 0 Å². The van der Waals surface area contributed by atoms with Crippen LogP contribution in [0.1, 0.15) is 30.7 Å². The van der Waals surface area contributed by atoms with Crippen LogP contribution in [-0.4, -0.2) is 29.1 Å². The lowest BCUT2D eigenvalue weighted by Crippen LogP contribution is -3.00. The molecule has 0 unspecified atom stereocenters. The van der Waals surface area contributed by atoms with Crippen LogP contribution in [0.3, 0.4) is 0 Å². The Morgan fingerprint density at radius 3 is 2.68 bits per heavy atom. The highest BCUT2D eigenvalue weighted by Crippen LogP contribution is 2.19. The van der Waals surface area contributed by atoms with Crippen molar-refractivity contribution in [2.45, 2.75) is 39.2 Å². The third-order valence-corrected chi connectivity index (χ3v) is 4.67. The Morgan fingerprint density at radius 2 is 1.86 bits per heavy atom. The second-order valence-electron chi connectivity index (χ2n) is 6.66. The summed E-state index contributed by atoms with van der Waals surface area (Å²) in [6, 6.07) is 16.4. The maximum absolute atomic E-state index is 10.4. The number of hydrogen-bond acceptors (Lipinski definition) is 3. The van der Waals surface area contributed by atoms with Crippen molar-refractivity contribution in [1.82, 2.24) is 14.9 Å². The monoisotopic (exact) mass is 400 g/mol. The van der Waals surface area contributed by atoms with E-state index in [1.165, 1.54) is 11.1 Å². The van der Waals surface area contributed by atoms with Crippen LogP contribution in [0.5, 0.6) is 5.75 Å². The lowest BCUT2D eigenvalue weighted by molar-refractivity contribution is -0.109. The number of rotatable bonds is 11. The number of halogens is 1. The second kappa shape index (κ2) is 11.3. The SMILES string of the molecule is Cc1ccccc1OCCCCn1c(CCCNC=O)nc2ccccc21.[Cl-]. The van der Waals surface area contributed by atoms with E-state index in [0.29, 0.717) is 6.54 Å². The number of nitrogens with zero attached hydrogens (tertiary/aromatic N) is 2. The van der Waals surface area contributed by atoms with Gasteiger partial charge in [0.05, 0.1) is 17.6 Å². The number of unbranched alkanes of at least 4 members (excludes halogenated alkanes) is 1. The summed E-state index contributed by atoms with van der Waals surface area (Å²) in [6.45, 7) is 4.39.